The van der Waals surface area contributed by atoms with Gasteiger partial charge in [-0.15, -0.1) is 0 Å². The van der Waals surface area contributed by atoms with Crippen molar-refractivity contribution < 1.29 is 8.78 Å². The molecule has 2 aromatic rings. The van der Waals surface area contributed by atoms with Crippen molar-refractivity contribution in [3.05, 3.63) is 44.8 Å². The zero-order valence-electron chi connectivity index (χ0n) is 10.3. The number of aryl methyl sites for hydroxylation is 1. The average molecular weight is 348 g/mol. The van der Waals surface area contributed by atoms with Crippen molar-refractivity contribution in [2.75, 3.05) is 0 Å². The summed E-state index contributed by atoms with van der Waals surface area (Å²) >= 11 is 9.02. The molecule has 0 fully saturated rings. The van der Waals surface area contributed by atoms with Crippen molar-refractivity contribution in [3.8, 4) is 11.3 Å². The molecule has 0 N–H and O–H groups in total. The third-order valence-corrected chi connectivity index (χ3v) is 3.71. The first-order chi connectivity index (χ1) is 8.95. The molecule has 2 rings (SSSR count). The van der Waals surface area contributed by atoms with E-state index in [1.165, 1.54) is 12.1 Å². The highest BCUT2D eigenvalue weighted by molar-refractivity contribution is 9.10. The highest BCUT2D eigenvalue weighted by Crippen LogP contribution is 2.33. The van der Waals surface area contributed by atoms with E-state index in [0.717, 1.165) is 0 Å². The van der Waals surface area contributed by atoms with Gasteiger partial charge in [0.2, 0.25) is 0 Å². The van der Waals surface area contributed by atoms with Crippen molar-refractivity contribution >= 4 is 27.5 Å². The molecule has 0 aliphatic carbocycles. The monoisotopic (exact) mass is 346 g/mol. The zero-order chi connectivity index (χ0) is 14.2. The van der Waals surface area contributed by atoms with Gasteiger partial charge in [0.1, 0.15) is 22.6 Å². The number of hydrogen-bond donors (Lipinski definition) is 0. The van der Waals surface area contributed by atoms with Gasteiger partial charge in [-0.25, -0.2) is 18.7 Å². The Labute approximate surface area is 123 Å². The van der Waals surface area contributed by atoms with Crippen LogP contribution < -0.4 is 0 Å². The molecule has 0 aliphatic heterocycles. The van der Waals surface area contributed by atoms with Gasteiger partial charge in [0.15, 0.2) is 0 Å². The quantitative estimate of drug-likeness (QED) is 0.581. The SMILES string of the molecule is CCc1nc(Cl)c(C)c(-c2c(F)ccc(Br)c2F)n1. The first-order valence-corrected chi connectivity index (χ1v) is 6.79. The molecule has 0 saturated heterocycles. The fourth-order valence-corrected chi connectivity index (χ4v) is 2.20. The molecule has 1 aromatic carbocycles. The normalized spacial score (nSPS) is 10.8. The number of rotatable bonds is 2. The van der Waals surface area contributed by atoms with Gasteiger partial charge in [0.25, 0.3) is 0 Å². The van der Waals surface area contributed by atoms with Crippen LogP contribution in [0.25, 0.3) is 11.3 Å². The van der Waals surface area contributed by atoms with Crippen molar-refractivity contribution in [2.45, 2.75) is 20.3 Å². The van der Waals surface area contributed by atoms with E-state index < -0.39 is 11.6 Å². The molecule has 0 unspecified atom stereocenters. The molecular formula is C13H10BrClF2N2. The standard InChI is InChI=1S/C13H10BrClF2N2/c1-3-9-18-12(6(2)13(15)19-9)10-8(16)5-4-7(14)11(10)17/h4-5H,3H2,1-2H3. The van der Waals surface area contributed by atoms with Crippen LogP contribution in [0.5, 0.6) is 0 Å². The Bertz CT molecular complexity index is 647. The fraction of sp³-hybridized carbons (Fsp3) is 0.231. The summed E-state index contributed by atoms with van der Waals surface area (Å²) in [5.41, 5.74) is 0.453. The van der Waals surface area contributed by atoms with Crippen LogP contribution in [0.2, 0.25) is 5.15 Å². The van der Waals surface area contributed by atoms with E-state index >= 15 is 0 Å². The fourth-order valence-electron chi connectivity index (χ4n) is 1.68. The molecule has 0 saturated carbocycles. The zero-order valence-corrected chi connectivity index (χ0v) is 12.6. The molecule has 0 bridgehead atoms. The van der Waals surface area contributed by atoms with Crippen LogP contribution >= 0.6 is 27.5 Å². The maximum Gasteiger partial charge on any atom is 0.149 e. The lowest BCUT2D eigenvalue weighted by Gasteiger charge is -2.11. The summed E-state index contributed by atoms with van der Waals surface area (Å²) in [6, 6.07) is 2.50. The number of nitrogens with zero attached hydrogens (tertiary/aromatic N) is 2. The van der Waals surface area contributed by atoms with Crippen molar-refractivity contribution in [2.24, 2.45) is 0 Å². The predicted molar refractivity (Wildman–Crippen MR) is 74.2 cm³/mol. The molecular weight excluding hydrogens is 338 g/mol. The Morgan fingerprint density at radius 1 is 1.26 bits per heavy atom. The average Bonchev–Trinajstić information content (AvgIpc) is 2.39. The van der Waals surface area contributed by atoms with Crippen LogP contribution in [0.4, 0.5) is 8.78 Å². The molecule has 100 valence electrons. The van der Waals surface area contributed by atoms with Crippen molar-refractivity contribution in [1.82, 2.24) is 9.97 Å². The third kappa shape index (κ3) is 2.62. The lowest BCUT2D eigenvalue weighted by atomic mass is 10.1. The van der Waals surface area contributed by atoms with Crippen molar-refractivity contribution in [3.63, 3.8) is 0 Å². The number of hydrogen-bond acceptors (Lipinski definition) is 2. The van der Waals surface area contributed by atoms with Crippen LogP contribution in [-0.4, -0.2) is 9.97 Å². The second kappa shape index (κ2) is 5.51. The maximum atomic E-state index is 14.1. The summed E-state index contributed by atoms with van der Waals surface area (Å²) < 4.78 is 28.2. The summed E-state index contributed by atoms with van der Waals surface area (Å²) in [4.78, 5) is 8.25. The van der Waals surface area contributed by atoms with Crippen LogP contribution in [0.15, 0.2) is 16.6 Å². The second-order valence-corrected chi connectivity index (χ2v) is 5.19. The van der Waals surface area contributed by atoms with Gasteiger partial charge in [0, 0.05) is 12.0 Å². The van der Waals surface area contributed by atoms with E-state index in [4.69, 9.17) is 11.6 Å². The smallest absolute Gasteiger partial charge is 0.149 e. The lowest BCUT2D eigenvalue weighted by Crippen LogP contribution is -2.02. The minimum absolute atomic E-state index is 0.177. The van der Waals surface area contributed by atoms with Gasteiger partial charge in [-0.1, -0.05) is 18.5 Å². The van der Waals surface area contributed by atoms with E-state index in [-0.39, 0.29) is 20.9 Å². The molecule has 0 aliphatic rings. The van der Waals surface area contributed by atoms with Gasteiger partial charge in [-0.05, 0) is 35.0 Å². The van der Waals surface area contributed by atoms with Crippen LogP contribution in [0, 0.1) is 18.6 Å². The summed E-state index contributed by atoms with van der Waals surface area (Å²) in [5, 5.41) is 0.209. The molecule has 0 spiro atoms. The van der Waals surface area contributed by atoms with Crippen LogP contribution in [0.3, 0.4) is 0 Å². The molecule has 19 heavy (non-hydrogen) atoms. The summed E-state index contributed by atoms with van der Waals surface area (Å²) in [6.45, 7) is 3.48. The van der Waals surface area contributed by atoms with Crippen molar-refractivity contribution in [1.29, 1.82) is 0 Å². The summed E-state index contributed by atoms with van der Waals surface area (Å²) in [6.07, 6.45) is 0.532. The number of aromatic nitrogens is 2. The molecule has 6 heteroatoms. The van der Waals surface area contributed by atoms with Gasteiger partial charge in [-0.2, -0.15) is 0 Å². The summed E-state index contributed by atoms with van der Waals surface area (Å²) in [5.74, 6) is -0.926. The first-order valence-electron chi connectivity index (χ1n) is 5.62. The molecule has 0 radical (unpaired) electrons. The Kier molecular flexibility index (Phi) is 4.16. The Balaban J connectivity index is 2.79. The minimum atomic E-state index is -0.695. The summed E-state index contributed by atoms with van der Waals surface area (Å²) in [7, 11) is 0. The van der Waals surface area contributed by atoms with Gasteiger partial charge < -0.3 is 0 Å². The van der Waals surface area contributed by atoms with Gasteiger partial charge in [0.05, 0.1) is 15.7 Å². The van der Waals surface area contributed by atoms with Crippen LogP contribution in [-0.2, 0) is 6.42 Å². The molecule has 0 amide bonds. The molecule has 0 atom stereocenters. The van der Waals surface area contributed by atoms with Gasteiger partial charge >= 0.3 is 0 Å². The van der Waals surface area contributed by atoms with E-state index in [1.807, 2.05) is 6.92 Å². The highest BCUT2D eigenvalue weighted by atomic mass is 79.9. The minimum Gasteiger partial charge on any atom is -0.232 e. The molecule has 2 nitrogen and oxygen atoms in total. The topological polar surface area (TPSA) is 25.8 Å². The largest absolute Gasteiger partial charge is 0.232 e. The van der Waals surface area contributed by atoms with Crippen LogP contribution in [0.1, 0.15) is 18.3 Å². The Morgan fingerprint density at radius 2 is 1.95 bits per heavy atom. The second-order valence-electron chi connectivity index (χ2n) is 3.98. The van der Waals surface area contributed by atoms with Gasteiger partial charge in [-0.3, -0.25) is 0 Å². The first kappa shape index (κ1) is 14.3. The van der Waals surface area contributed by atoms with E-state index in [2.05, 4.69) is 25.9 Å². The third-order valence-electron chi connectivity index (χ3n) is 2.73. The number of benzene rings is 1. The predicted octanol–water partition coefficient (Wildman–Crippen LogP) is 4.71. The maximum absolute atomic E-state index is 14.1. The number of halogens is 4. The van der Waals surface area contributed by atoms with E-state index in [9.17, 15) is 8.78 Å². The van der Waals surface area contributed by atoms with E-state index in [0.29, 0.717) is 17.8 Å². The van der Waals surface area contributed by atoms with E-state index in [1.54, 1.807) is 6.92 Å². The molecule has 1 aromatic heterocycles. The highest BCUT2D eigenvalue weighted by Gasteiger charge is 2.20. The Hall–Kier alpha value is -1.07. The lowest BCUT2D eigenvalue weighted by molar-refractivity contribution is 0.584. The molecule has 1 heterocycles. The Morgan fingerprint density at radius 3 is 2.58 bits per heavy atom.